The van der Waals surface area contributed by atoms with Gasteiger partial charge in [0.15, 0.2) is 0 Å². The molecule has 3 rings (SSSR count). The number of benzene rings is 2. The summed E-state index contributed by atoms with van der Waals surface area (Å²) in [5.41, 5.74) is 1.58. The molecule has 1 saturated heterocycles. The molecule has 0 aliphatic carbocycles. The maximum Gasteiger partial charge on any atom is 0.406 e. The summed E-state index contributed by atoms with van der Waals surface area (Å²) in [6, 6.07) is 9.82. The molecular weight excluding hydrogens is 501 g/mol. The van der Waals surface area contributed by atoms with E-state index in [0.29, 0.717) is 34.2 Å². The molecule has 202 valence electrons. The third-order valence-electron chi connectivity index (χ3n) is 6.33. The maximum atomic E-state index is 15.2. The van der Waals surface area contributed by atoms with Gasteiger partial charge in [0.2, 0.25) is 0 Å². The molecule has 2 aromatic rings. The second-order valence-corrected chi connectivity index (χ2v) is 9.39. The van der Waals surface area contributed by atoms with Gasteiger partial charge < -0.3 is 30.2 Å². The number of likely N-dealkylation sites (N-methyl/N-ethyl adjacent to an activating group) is 1. The van der Waals surface area contributed by atoms with Gasteiger partial charge in [-0.1, -0.05) is 29.8 Å². The lowest BCUT2D eigenvalue weighted by molar-refractivity contribution is 0.0478. The summed E-state index contributed by atoms with van der Waals surface area (Å²) in [7, 11) is 3.13. The number of hydrogen-bond donors (Lipinski definition) is 3. The number of hydrogen-bond acceptors (Lipinski definition) is 6. The number of rotatable bonds is 12. The molecule has 0 radical (unpaired) electrons. The average Bonchev–Trinajstić information content (AvgIpc) is 2.91. The molecule has 2 aromatic carbocycles. The lowest BCUT2D eigenvalue weighted by Gasteiger charge is -2.26. The lowest BCUT2D eigenvalue weighted by Crippen LogP contribution is -2.41. The van der Waals surface area contributed by atoms with Gasteiger partial charge >= 0.3 is 6.09 Å². The van der Waals surface area contributed by atoms with Crippen LogP contribution in [0, 0.1) is 11.7 Å². The van der Waals surface area contributed by atoms with Crippen molar-refractivity contribution in [2.24, 2.45) is 5.92 Å². The number of ether oxygens (including phenoxy) is 3. The van der Waals surface area contributed by atoms with Crippen molar-refractivity contribution in [1.82, 2.24) is 16.0 Å². The van der Waals surface area contributed by atoms with Crippen LogP contribution in [-0.4, -0.2) is 65.1 Å². The van der Waals surface area contributed by atoms with Crippen LogP contribution >= 0.6 is 11.6 Å². The van der Waals surface area contributed by atoms with Crippen LogP contribution in [0.25, 0.3) is 11.1 Å². The normalized spacial score (nSPS) is 16.2. The van der Waals surface area contributed by atoms with Crippen molar-refractivity contribution < 1.29 is 28.2 Å². The van der Waals surface area contributed by atoms with Crippen LogP contribution in [0.1, 0.15) is 35.2 Å². The third-order valence-corrected chi connectivity index (χ3v) is 6.56. The number of carbonyl (C=O) groups is 2. The zero-order valence-electron chi connectivity index (χ0n) is 21.3. The topological polar surface area (TPSA) is 97.9 Å². The first-order chi connectivity index (χ1) is 17.9. The molecule has 1 fully saturated rings. The van der Waals surface area contributed by atoms with E-state index in [-0.39, 0.29) is 31.4 Å². The summed E-state index contributed by atoms with van der Waals surface area (Å²) >= 11 is 6.23. The molecule has 3 N–H and O–H groups in total. The summed E-state index contributed by atoms with van der Waals surface area (Å²) in [6.07, 6.45) is 2.43. The molecule has 2 amide bonds. The molecule has 0 spiro atoms. The molecule has 2 atom stereocenters. The quantitative estimate of drug-likeness (QED) is 0.353. The molecule has 0 bridgehead atoms. The molecule has 1 aliphatic rings. The lowest BCUT2D eigenvalue weighted by atomic mass is 9.93. The van der Waals surface area contributed by atoms with E-state index in [1.807, 2.05) is 7.05 Å². The van der Waals surface area contributed by atoms with Gasteiger partial charge in [-0.15, -0.1) is 0 Å². The number of alkyl carbamates (subject to hydrolysis) is 1. The molecule has 0 unspecified atom stereocenters. The Labute approximate surface area is 222 Å². The van der Waals surface area contributed by atoms with E-state index in [4.69, 9.17) is 21.1 Å². The average molecular weight is 536 g/mol. The fourth-order valence-corrected chi connectivity index (χ4v) is 4.61. The van der Waals surface area contributed by atoms with Gasteiger partial charge in [-0.3, -0.25) is 4.79 Å². The molecule has 8 nitrogen and oxygen atoms in total. The number of amides is 2. The van der Waals surface area contributed by atoms with E-state index in [1.54, 1.807) is 30.3 Å². The van der Waals surface area contributed by atoms with Gasteiger partial charge in [0.25, 0.3) is 5.91 Å². The molecule has 1 aliphatic heterocycles. The van der Waals surface area contributed by atoms with Gasteiger partial charge in [-0.05, 0) is 61.6 Å². The maximum absolute atomic E-state index is 15.2. The molecule has 0 saturated carbocycles. The van der Waals surface area contributed by atoms with Gasteiger partial charge in [0.05, 0.1) is 25.9 Å². The molecule has 10 heteroatoms. The van der Waals surface area contributed by atoms with E-state index in [9.17, 15) is 9.59 Å². The summed E-state index contributed by atoms with van der Waals surface area (Å²) < 4.78 is 31.0. The zero-order valence-corrected chi connectivity index (χ0v) is 22.0. The number of methoxy groups -OCH3 is 1. The van der Waals surface area contributed by atoms with E-state index in [1.165, 1.54) is 13.2 Å². The van der Waals surface area contributed by atoms with Crippen molar-refractivity contribution in [3.8, 4) is 11.1 Å². The SMILES string of the molecule is CN[C@H](CNC(=O)c1c(F)ccc(COCCNC(=O)OC)c1-c1cccc(Cl)c1)C[C@H]1CCCOC1. The largest absolute Gasteiger partial charge is 0.453 e. The zero-order chi connectivity index (χ0) is 26.6. The smallest absolute Gasteiger partial charge is 0.406 e. The van der Waals surface area contributed by atoms with Crippen LogP contribution in [0.5, 0.6) is 0 Å². The molecule has 1 heterocycles. The van der Waals surface area contributed by atoms with Gasteiger partial charge in [-0.25, -0.2) is 9.18 Å². The Morgan fingerprint density at radius 2 is 2.08 bits per heavy atom. The summed E-state index contributed by atoms with van der Waals surface area (Å²) in [5, 5.41) is 9.15. The predicted octanol–water partition coefficient (Wildman–Crippen LogP) is 4.15. The highest BCUT2D eigenvalue weighted by molar-refractivity contribution is 6.30. The van der Waals surface area contributed by atoms with Crippen LogP contribution in [-0.2, 0) is 20.8 Å². The molecular formula is C27H35ClFN3O5. The first kappa shape index (κ1) is 28.8. The Balaban J connectivity index is 1.78. The fraction of sp³-hybridized carbons (Fsp3) is 0.481. The first-order valence-electron chi connectivity index (χ1n) is 12.4. The Kier molecular flexibility index (Phi) is 11.6. The highest BCUT2D eigenvalue weighted by Crippen LogP contribution is 2.32. The van der Waals surface area contributed by atoms with Gasteiger partial charge in [-0.2, -0.15) is 0 Å². The Bertz CT molecular complexity index is 1050. The third kappa shape index (κ3) is 8.67. The van der Waals surface area contributed by atoms with Crippen molar-refractivity contribution in [1.29, 1.82) is 0 Å². The van der Waals surface area contributed by atoms with Gasteiger partial charge in [0.1, 0.15) is 5.82 Å². The fourth-order valence-electron chi connectivity index (χ4n) is 4.42. The second-order valence-electron chi connectivity index (χ2n) is 8.95. The second kappa shape index (κ2) is 14.9. The van der Waals surface area contributed by atoms with Crippen LogP contribution < -0.4 is 16.0 Å². The van der Waals surface area contributed by atoms with Crippen molar-refractivity contribution in [3.05, 3.63) is 58.4 Å². The summed E-state index contributed by atoms with van der Waals surface area (Å²) in [5.74, 6) is -0.719. The van der Waals surface area contributed by atoms with E-state index in [0.717, 1.165) is 32.5 Å². The number of nitrogens with one attached hydrogen (secondary N) is 3. The minimum absolute atomic E-state index is 0.0298. The minimum atomic E-state index is -0.634. The monoisotopic (exact) mass is 535 g/mol. The van der Waals surface area contributed by atoms with Crippen LogP contribution in [0.2, 0.25) is 5.02 Å². The first-order valence-corrected chi connectivity index (χ1v) is 12.8. The van der Waals surface area contributed by atoms with Gasteiger partial charge in [0, 0.05) is 42.9 Å². The van der Waals surface area contributed by atoms with Crippen molar-refractivity contribution >= 4 is 23.6 Å². The summed E-state index contributed by atoms with van der Waals surface area (Å²) in [4.78, 5) is 24.6. The number of halogens is 2. The Morgan fingerprint density at radius 1 is 1.24 bits per heavy atom. The Morgan fingerprint density at radius 3 is 2.78 bits per heavy atom. The van der Waals surface area contributed by atoms with Crippen molar-refractivity contribution in [2.45, 2.75) is 31.9 Å². The van der Waals surface area contributed by atoms with Crippen molar-refractivity contribution in [2.75, 3.05) is 47.1 Å². The number of carbonyl (C=O) groups excluding carboxylic acids is 2. The highest BCUT2D eigenvalue weighted by atomic mass is 35.5. The van der Waals surface area contributed by atoms with Crippen LogP contribution in [0.15, 0.2) is 36.4 Å². The highest BCUT2D eigenvalue weighted by Gasteiger charge is 2.24. The Hall–Kier alpha value is -2.72. The van der Waals surface area contributed by atoms with Crippen molar-refractivity contribution in [3.63, 3.8) is 0 Å². The predicted molar refractivity (Wildman–Crippen MR) is 140 cm³/mol. The van der Waals surface area contributed by atoms with Crippen LogP contribution in [0.4, 0.5) is 9.18 Å². The standard InChI is InChI=1S/C27H35ClFN3O5/c1-30-22(13-18-5-4-11-36-16-18)15-32-26(33)25-23(29)9-8-20(17-37-12-10-31-27(34)35-2)24(25)19-6-3-7-21(28)14-19/h3,6-9,14,18,22,30H,4-5,10-13,15-17H2,1-2H3,(H,31,34)(H,32,33)/t18-,22+/m1/s1. The van der Waals surface area contributed by atoms with E-state index >= 15 is 4.39 Å². The van der Waals surface area contributed by atoms with E-state index < -0.39 is 17.8 Å². The molecule has 37 heavy (non-hydrogen) atoms. The van der Waals surface area contributed by atoms with E-state index in [2.05, 4.69) is 20.7 Å². The van der Waals surface area contributed by atoms with Crippen LogP contribution in [0.3, 0.4) is 0 Å². The summed E-state index contributed by atoms with van der Waals surface area (Å²) in [6.45, 7) is 2.41. The minimum Gasteiger partial charge on any atom is -0.453 e. The molecule has 0 aromatic heterocycles.